The van der Waals surface area contributed by atoms with Gasteiger partial charge in [0.15, 0.2) is 11.5 Å². The first-order chi connectivity index (χ1) is 14.5. The highest BCUT2D eigenvalue weighted by molar-refractivity contribution is 6.39. The number of hydrazone groups is 1. The molecule has 10 heteroatoms. The molecule has 1 aliphatic heterocycles. The van der Waals surface area contributed by atoms with Crippen LogP contribution in [0.15, 0.2) is 53.6 Å². The molecular weight excluding hydrogens is 410 g/mol. The van der Waals surface area contributed by atoms with E-state index in [9.17, 15) is 9.59 Å². The summed E-state index contributed by atoms with van der Waals surface area (Å²) in [6.07, 6.45) is 1.34. The van der Waals surface area contributed by atoms with Gasteiger partial charge in [0.2, 0.25) is 6.79 Å². The van der Waals surface area contributed by atoms with Crippen LogP contribution in [0.2, 0.25) is 5.15 Å². The average Bonchev–Trinajstić information content (AvgIpc) is 3.33. The molecule has 0 unspecified atom stereocenters. The Labute approximate surface area is 176 Å². The SMILES string of the molecule is Cc1nn(-c2ccccc2)c(Cl)c1/C=N/NC(=O)C(=O)Nc1ccc2c(c1)OCO2. The second-order valence-corrected chi connectivity index (χ2v) is 6.62. The normalized spacial score (nSPS) is 12.2. The number of nitrogens with one attached hydrogen (secondary N) is 2. The predicted molar refractivity (Wildman–Crippen MR) is 110 cm³/mol. The fourth-order valence-corrected chi connectivity index (χ4v) is 3.09. The van der Waals surface area contributed by atoms with Gasteiger partial charge in [-0.3, -0.25) is 9.59 Å². The van der Waals surface area contributed by atoms with E-state index in [1.807, 2.05) is 30.3 Å². The number of halogens is 1. The lowest BCUT2D eigenvalue weighted by Crippen LogP contribution is -2.32. The van der Waals surface area contributed by atoms with Gasteiger partial charge >= 0.3 is 11.8 Å². The second-order valence-electron chi connectivity index (χ2n) is 6.26. The minimum Gasteiger partial charge on any atom is -0.454 e. The van der Waals surface area contributed by atoms with Gasteiger partial charge in [-0.25, -0.2) is 10.1 Å². The maximum atomic E-state index is 12.1. The van der Waals surface area contributed by atoms with Crippen molar-refractivity contribution in [3.05, 3.63) is 64.9 Å². The Morgan fingerprint density at radius 1 is 1.13 bits per heavy atom. The van der Waals surface area contributed by atoms with Crippen LogP contribution >= 0.6 is 11.6 Å². The second kappa shape index (κ2) is 8.26. The molecule has 152 valence electrons. The number of para-hydroxylation sites is 1. The molecule has 0 spiro atoms. The van der Waals surface area contributed by atoms with Crippen LogP contribution < -0.4 is 20.2 Å². The quantitative estimate of drug-likeness (QED) is 0.379. The highest BCUT2D eigenvalue weighted by Crippen LogP contribution is 2.34. The van der Waals surface area contributed by atoms with Gasteiger partial charge < -0.3 is 14.8 Å². The maximum absolute atomic E-state index is 12.1. The van der Waals surface area contributed by atoms with Crippen LogP contribution in [0.25, 0.3) is 5.69 Å². The molecule has 2 aromatic carbocycles. The zero-order chi connectivity index (χ0) is 21.1. The number of aromatic nitrogens is 2. The predicted octanol–water partition coefficient (Wildman–Crippen LogP) is 2.65. The Hall–Kier alpha value is -3.85. The summed E-state index contributed by atoms with van der Waals surface area (Å²) in [6.45, 7) is 1.88. The van der Waals surface area contributed by atoms with Gasteiger partial charge in [-0.1, -0.05) is 29.8 Å². The minimum absolute atomic E-state index is 0.116. The largest absolute Gasteiger partial charge is 0.454 e. The van der Waals surface area contributed by atoms with E-state index in [1.54, 1.807) is 29.8 Å². The van der Waals surface area contributed by atoms with E-state index in [4.69, 9.17) is 21.1 Å². The number of benzene rings is 2. The summed E-state index contributed by atoms with van der Waals surface area (Å²) < 4.78 is 12.0. The Balaban J connectivity index is 1.40. The van der Waals surface area contributed by atoms with E-state index in [2.05, 4.69) is 20.9 Å². The lowest BCUT2D eigenvalue weighted by molar-refractivity contribution is -0.136. The van der Waals surface area contributed by atoms with Gasteiger partial charge in [-0.15, -0.1) is 0 Å². The van der Waals surface area contributed by atoms with E-state index in [1.165, 1.54) is 6.21 Å². The number of ether oxygens (including phenoxy) is 2. The average molecular weight is 426 g/mol. The summed E-state index contributed by atoms with van der Waals surface area (Å²) in [5.74, 6) is -0.751. The first kappa shape index (κ1) is 19.5. The molecule has 30 heavy (non-hydrogen) atoms. The molecule has 3 aromatic rings. The number of anilines is 1. The van der Waals surface area contributed by atoms with Gasteiger partial charge in [-0.2, -0.15) is 10.2 Å². The van der Waals surface area contributed by atoms with Crippen LogP contribution in [-0.4, -0.2) is 34.6 Å². The zero-order valence-electron chi connectivity index (χ0n) is 15.8. The van der Waals surface area contributed by atoms with Crippen molar-refractivity contribution in [2.24, 2.45) is 5.10 Å². The van der Waals surface area contributed by atoms with Crippen molar-refractivity contribution < 1.29 is 19.1 Å². The number of carbonyl (C=O) groups excluding carboxylic acids is 2. The van der Waals surface area contributed by atoms with Crippen molar-refractivity contribution in [1.82, 2.24) is 15.2 Å². The summed E-state index contributed by atoms with van der Waals surface area (Å²) in [5, 5.41) is 11.0. The lowest BCUT2D eigenvalue weighted by Gasteiger charge is -2.05. The molecule has 0 radical (unpaired) electrons. The Kier molecular flexibility index (Phi) is 5.36. The number of hydrogen-bond donors (Lipinski definition) is 2. The third-order valence-corrected chi connectivity index (χ3v) is 4.61. The summed E-state index contributed by atoms with van der Waals surface area (Å²) >= 11 is 6.39. The molecule has 0 bridgehead atoms. The van der Waals surface area contributed by atoms with Crippen LogP contribution in [0.1, 0.15) is 11.3 Å². The molecule has 9 nitrogen and oxygen atoms in total. The van der Waals surface area contributed by atoms with E-state index in [-0.39, 0.29) is 6.79 Å². The standard InChI is InChI=1S/C20H16ClN5O4/c1-12-15(18(21)26(25-12)14-5-3-2-4-6-14)10-22-24-20(28)19(27)23-13-7-8-16-17(9-13)30-11-29-16/h2-10H,11H2,1H3,(H,23,27)(H,24,28)/b22-10+. The van der Waals surface area contributed by atoms with Crippen molar-refractivity contribution in [2.45, 2.75) is 6.92 Å². The van der Waals surface area contributed by atoms with Crippen molar-refractivity contribution in [1.29, 1.82) is 0 Å². The molecule has 0 fully saturated rings. The summed E-state index contributed by atoms with van der Waals surface area (Å²) in [6, 6.07) is 14.2. The molecule has 2 amide bonds. The molecule has 4 rings (SSSR count). The molecular formula is C20H16ClN5O4. The molecule has 1 aromatic heterocycles. The van der Waals surface area contributed by atoms with Crippen molar-refractivity contribution in [3.63, 3.8) is 0 Å². The van der Waals surface area contributed by atoms with Gasteiger partial charge in [0, 0.05) is 11.8 Å². The monoisotopic (exact) mass is 425 g/mol. The number of rotatable bonds is 4. The third-order valence-electron chi connectivity index (χ3n) is 4.25. The molecule has 1 aliphatic rings. The van der Waals surface area contributed by atoms with E-state index < -0.39 is 11.8 Å². The van der Waals surface area contributed by atoms with Gasteiger partial charge in [0.25, 0.3) is 0 Å². The van der Waals surface area contributed by atoms with E-state index >= 15 is 0 Å². The molecule has 0 saturated carbocycles. The lowest BCUT2D eigenvalue weighted by atomic mass is 10.3. The van der Waals surface area contributed by atoms with Gasteiger partial charge in [-0.05, 0) is 31.2 Å². The first-order valence-electron chi connectivity index (χ1n) is 8.87. The molecule has 0 aliphatic carbocycles. The van der Waals surface area contributed by atoms with Crippen LogP contribution in [-0.2, 0) is 9.59 Å². The fraction of sp³-hybridized carbons (Fsp3) is 0.100. The summed E-state index contributed by atoms with van der Waals surface area (Å²) in [7, 11) is 0. The highest BCUT2D eigenvalue weighted by atomic mass is 35.5. The number of aryl methyl sites for hydroxylation is 1. The zero-order valence-corrected chi connectivity index (χ0v) is 16.5. The Bertz CT molecular complexity index is 1140. The fourth-order valence-electron chi connectivity index (χ4n) is 2.77. The van der Waals surface area contributed by atoms with Crippen molar-refractivity contribution in [3.8, 4) is 17.2 Å². The van der Waals surface area contributed by atoms with Gasteiger partial charge in [0.1, 0.15) is 5.15 Å². The number of fused-ring (bicyclic) bond motifs is 1. The van der Waals surface area contributed by atoms with Crippen LogP contribution in [0, 0.1) is 6.92 Å². The highest BCUT2D eigenvalue weighted by Gasteiger charge is 2.18. The van der Waals surface area contributed by atoms with Crippen LogP contribution in [0.5, 0.6) is 11.5 Å². The topological polar surface area (TPSA) is 107 Å². The number of nitrogens with zero attached hydrogens (tertiary/aromatic N) is 3. The number of hydrogen-bond acceptors (Lipinski definition) is 6. The van der Waals surface area contributed by atoms with Crippen molar-refractivity contribution in [2.75, 3.05) is 12.1 Å². The van der Waals surface area contributed by atoms with E-state index in [0.29, 0.717) is 33.6 Å². The summed E-state index contributed by atoms with van der Waals surface area (Å²) in [4.78, 5) is 24.1. The molecule has 2 heterocycles. The van der Waals surface area contributed by atoms with E-state index in [0.717, 1.165) is 5.69 Å². The van der Waals surface area contributed by atoms with Crippen molar-refractivity contribution >= 4 is 35.3 Å². The van der Waals surface area contributed by atoms with Crippen LogP contribution in [0.3, 0.4) is 0 Å². The Morgan fingerprint density at radius 3 is 2.70 bits per heavy atom. The summed E-state index contributed by atoms with van der Waals surface area (Å²) in [5.41, 5.74) is 4.50. The van der Waals surface area contributed by atoms with Gasteiger partial charge in [0.05, 0.1) is 23.2 Å². The maximum Gasteiger partial charge on any atom is 0.329 e. The van der Waals surface area contributed by atoms with Crippen LogP contribution in [0.4, 0.5) is 5.69 Å². The molecule has 0 atom stereocenters. The third kappa shape index (κ3) is 3.96. The first-order valence-corrected chi connectivity index (χ1v) is 9.25. The molecule has 0 saturated heterocycles. The molecule has 2 N–H and O–H groups in total. The number of amides is 2. The number of carbonyl (C=O) groups is 2. The Morgan fingerprint density at radius 2 is 1.90 bits per heavy atom. The minimum atomic E-state index is -0.937. The smallest absolute Gasteiger partial charge is 0.329 e.